The zero-order chi connectivity index (χ0) is 14.7. The number of halogens is 1. The molecule has 0 aliphatic carbocycles. The maximum atomic E-state index is 11.2. The van der Waals surface area contributed by atoms with Crippen molar-refractivity contribution in [2.75, 3.05) is 5.32 Å². The molecule has 0 bridgehead atoms. The van der Waals surface area contributed by atoms with Crippen LogP contribution in [-0.4, -0.2) is 16.0 Å². The van der Waals surface area contributed by atoms with Crippen molar-refractivity contribution in [1.82, 2.24) is 0 Å². The number of nitro benzene ring substituents is 1. The van der Waals surface area contributed by atoms with Gasteiger partial charge in [0, 0.05) is 16.6 Å². The van der Waals surface area contributed by atoms with Crippen LogP contribution in [0.1, 0.15) is 10.4 Å². The number of aromatic carboxylic acids is 1. The van der Waals surface area contributed by atoms with Gasteiger partial charge in [-0.05, 0) is 34.1 Å². The number of nitro groups is 1. The van der Waals surface area contributed by atoms with E-state index in [-0.39, 0.29) is 16.9 Å². The lowest BCUT2D eigenvalue weighted by Crippen LogP contribution is -2.04. The molecule has 0 aliphatic rings. The molecule has 7 heteroatoms. The Kier molecular flexibility index (Phi) is 3.99. The molecular formula is C13H9BrN2O4. The molecule has 6 nitrogen and oxygen atoms in total. The molecule has 0 heterocycles. The van der Waals surface area contributed by atoms with E-state index in [2.05, 4.69) is 21.2 Å². The minimum Gasteiger partial charge on any atom is -0.478 e. The molecular weight excluding hydrogens is 328 g/mol. The summed E-state index contributed by atoms with van der Waals surface area (Å²) in [5.41, 5.74) is 0.574. The SMILES string of the molecule is O=C(O)c1ccc([N+](=O)[O-])cc1Nc1ccccc1Br. The average Bonchev–Trinajstić information content (AvgIpc) is 2.41. The zero-order valence-corrected chi connectivity index (χ0v) is 11.6. The fraction of sp³-hybridized carbons (Fsp3) is 0. The summed E-state index contributed by atoms with van der Waals surface area (Å²) in [6.45, 7) is 0. The van der Waals surface area contributed by atoms with Gasteiger partial charge in [0.2, 0.25) is 0 Å². The van der Waals surface area contributed by atoms with Gasteiger partial charge in [-0.15, -0.1) is 0 Å². The van der Waals surface area contributed by atoms with E-state index in [0.29, 0.717) is 5.69 Å². The highest BCUT2D eigenvalue weighted by atomic mass is 79.9. The molecule has 0 fully saturated rings. The van der Waals surface area contributed by atoms with Gasteiger partial charge in [-0.2, -0.15) is 0 Å². The molecule has 0 saturated carbocycles. The largest absolute Gasteiger partial charge is 0.478 e. The third-order valence-electron chi connectivity index (χ3n) is 2.59. The third kappa shape index (κ3) is 2.94. The number of benzene rings is 2. The molecule has 2 N–H and O–H groups in total. The summed E-state index contributed by atoms with van der Waals surface area (Å²) >= 11 is 3.32. The van der Waals surface area contributed by atoms with E-state index in [1.54, 1.807) is 24.3 Å². The number of para-hydroxylation sites is 1. The molecule has 102 valence electrons. The normalized spacial score (nSPS) is 10.1. The fourth-order valence-corrected chi connectivity index (χ4v) is 2.03. The Balaban J connectivity index is 2.48. The summed E-state index contributed by atoms with van der Waals surface area (Å²) < 4.78 is 0.725. The molecule has 0 aliphatic heterocycles. The fourth-order valence-electron chi connectivity index (χ4n) is 1.64. The van der Waals surface area contributed by atoms with Gasteiger partial charge in [0.1, 0.15) is 0 Å². The van der Waals surface area contributed by atoms with Gasteiger partial charge in [-0.1, -0.05) is 12.1 Å². The lowest BCUT2D eigenvalue weighted by Gasteiger charge is -2.10. The Morgan fingerprint density at radius 3 is 2.50 bits per heavy atom. The molecule has 0 atom stereocenters. The second-order valence-electron chi connectivity index (χ2n) is 3.90. The van der Waals surface area contributed by atoms with Gasteiger partial charge in [-0.25, -0.2) is 4.79 Å². The van der Waals surface area contributed by atoms with E-state index in [1.807, 2.05) is 0 Å². The van der Waals surface area contributed by atoms with Crippen LogP contribution in [0.4, 0.5) is 17.1 Å². The Bertz CT molecular complexity index is 688. The van der Waals surface area contributed by atoms with Crippen molar-refractivity contribution in [1.29, 1.82) is 0 Å². The standard InChI is InChI=1S/C13H9BrN2O4/c14-10-3-1-2-4-11(10)15-12-7-8(16(19)20)5-6-9(12)13(17)18/h1-7,15H,(H,17,18). The van der Waals surface area contributed by atoms with E-state index in [0.717, 1.165) is 10.5 Å². The van der Waals surface area contributed by atoms with E-state index in [1.165, 1.54) is 12.1 Å². The first-order chi connectivity index (χ1) is 9.49. The summed E-state index contributed by atoms with van der Waals surface area (Å²) in [5.74, 6) is -1.16. The number of anilines is 2. The maximum absolute atomic E-state index is 11.2. The predicted molar refractivity (Wildman–Crippen MR) is 77.5 cm³/mol. The van der Waals surface area contributed by atoms with E-state index in [9.17, 15) is 14.9 Å². The molecule has 2 aromatic rings. The van der Waals surface area contributed by atoms with Crippen molar-refractivity contribution in [3.05, 3.63) is 62.6 Å². The van der Waals surface area contributed by atoms with E-state index >= 15 is 0 Å². The van der Waals surface area contributed by atoms with Crippen molar-refractivity contribution in [3.8, 4) is 0 Å². The van der Waals surface area contributed by atoms with Crippen LogP contribution in [0.15, 0.2) is 46.9 Å². The van der Waals surface area contributed by atoms with Crippen LogP contribution in [0.5, 0.6) is 0 Å². The second-order valence-corrected chi connectivity index (χ2v) is 4.75. The summed E-state index contributed by atoms with van der Waals surface area (Å²) in [7, 11) is 0. The number of hydrogen-bond acceptors (Lipinski definition) is 4. The summed E-state index contributed by atoms with van der Waals surface area (Å²) in [4.78, 5) is 21.4. The molecule has 2 aromatic carbocycles. The van der Waals surface area contributed by atoms with Crippen LogP contribution in [-0.2, 0) is 0 Å². The average molecular weight is 337 g/mol. The van der Waals surface area contributed by atoms with Crippen molar-refractivity contribution in [2.45, 2.75) is 0 Å². The maximum Gasteiger partial charge on any atom is 0.337 e. The smallest absolute Gasteiger partial charge is 0.337 e. The van der Waals surface area contributed by atoms with Crippen LogP contribution in [0.3, 0.4) is 0 Å². The van der Waals surface area contributed by atoms with Gasteiger partial charge < -0.3 is 10.4 Å². The van der Waals surface area contributed by atoms with Crippen LogP contribution >= 0.6 is 15.9 Å². The number of nitrogens with one attached hydrogen (secondary N) is 1. The van der Waals surface area contributed by atoms with Crippen molar-refractivity contribution >= 4 is 39.0 Å². The first kappa shape index (κ1) is 14.0. The second kappa shape index (κ2) is 5.70. The minimum absolute atomic E-state index is 0.0358. The number of non-ortho nitro benzene ring substituents is 1. The molecule has 0 radical (unpaired) electrons. The summed E-state index contributed by atoms with van der Waals surface area (Å²) in [6.07, 6.45) is 0. The van der Waals surface area contributed by atoms with Gasteiger partial charge in [0.15, 0.2) is 0 Å². The number of carboxylic acid groups (broad SMARTS) is 1. The van der Waals surface area contributed by atoms with Crippen molar-refractivity contribution in [2.24, 2.45) is 0 Å². The highest BCUT2D eigenvalue weighted by Crippen LogP contribution is 2.29. The molecule has 0 aromatic heterocycles. The topological polar surface area (TPSA) is 92.5 Å². The van der Waals surface area contributed by atoms with Crippen LogP contribution in [0, 0.1) is 10.1 Å². The van der Waals surface area contributed by atoms with Gasteiger partial charge in [0.05, 0.1) is 21.9 Å². The Morgan fingerprint density at radius 2 is 1.90 bits per heavy atom. The lowest BCUT2D eigenvalue weighted by molar-refractivity contribution is -0.384. The molecule has 0 unspecified atom stereocenters. The zero-order valence-electron chi connectivity index (χ0n) is 10.0. The monoisotopic (exact) mass is 336 g/mol. The van der Waals surface area contributed by atoms with Gasteiger partial charge >= 0.3 is 5.97 Å². The van der Waals surface area contributed by atoms with E-state index in [4.69, 9.17) is 5.11 Å². The predicted octanol–water partition coefficient (Wildman–Crippen LogP) is 3.80. The number of nitrogens with zero attached hydrogens (tertiary/aromatic N) is 1. The van der Waals surface area contributed by atoms with Gasteiger partial charge in [-0.3, -0.25) is 10.1 Å². The molecule has 2 rings (SSSR count). The first-order valence-electron chi connectivity index (χ1n) is 5.52. The Labute approximate surface area is 122 Å². The highest BCUT2D eigenvalue weighted by Gasteiger charge is 2.16. The molecule has 0 spiro atoms. The van der Waals surface area contributed by atoms with E-state index < -0.39 is 10.9 Å². The molecule has 0 amide bonds. The highest BCUT2D eigenvalue weighted by molar-refractivity contribution is 9.10. The van der Waals surface area contributed by atoms with Crippen LogP contribution < -0.4 is 5.32 Å². The summed E-state index contributed by atoms with van der Waals surface area (Å²) in [5, 5.41) is 22.8. The number of hydrogen-bond donors (Lipinski definition) is 2. The van der Waals surface area contributed by atoms with Crippen LogP contribution in [0.25, 0.3) is 0 Å². The first-order valence-corrected chi connectivity index (χ1v) is 6.31. The number of carbonyl (C=O) groups is 1. The lowest BCUT2D eigenvalue weighted by atomic mass is 10.1. The molecule has 0 saturated heterocycles. The number of rotatable bonds is 4. The number of carboxylic acids is 1. The third-order valence-corrected chi connectivity index (χ3v) is 3.28. The van der Waals surface area contributed by atoms with Crippen LogP contribution in [0.2, 0.25) is 0 Å². The Hall–Kier alpha value is -2.41. The van der Waals surface area contributed by atoms with Gasteiger partial charge in [0.25, 0.3) is 5.69 Å². The summed E-state index contributed by atoms with van der Waals surface area (Å²) in [6, 6.07) is 10.7. The Morgan fingerprint density at radius 1 is 1.20 bits per heavy atom. The molecule has 20 heavy (non-hydrogen) atoms. The quantitative estimate of drug-likeness (QED) is 0.654. The van der Waals surface area contributed by atoms with Crippen molar-refractivity contribution in [3.63, 3.8) is 0 Å². The van der Waals surface area contributed by atoms with Crippen molar-refractivity contribution < 1.29 is 14.8 Å². The minimum atomic E-state index is -1.16.